The monoisotopic (exact) mass is 847 g/mol. The van der Waals surface area contributed by atoms with Crippen molar-refractivity contribution < 1.29 is 91.6 Å². The Balaban J connectivity index is 0.00000400. The molecule has 241 valence electrons. The van der Waals surface area contributed by atoms with Crippen LogP contribution in [0.1, 0.15) is 58.0 Å². The molecule has 45 heavy (non-hydrogen) atoms. The summed E-state index contributed by atoms with van der Waals surface area (Å²) < 4.78 is 50.0. The smallest absolute Gasteiger partial charge is 0.471 e. The summed E-state index contributed by atoms with van der Waals surface area (Å²) in [6.45, 7) is 6.30. The topological polar surface area (TPSA) is 144 Å². The van der Waals surface area contributed by atoms with Gasteiger partial charge < -0.3 is 35.4 Å². The molecule has 0 aliphatic carbocycles. The van der Waals surface area contributed by atoms with Crippen molar-refractivity contribution in [1.82, 2.24) is 20.4 Å². The molecule has 2 aromatic carbocycles. The number of amides is 2. The van der Waals surface area contributed by atoms with Crippen LogP contribution in [-0.2, 0) is 22.4 Å². The number of aryl methyl sites for hydroxylation is 1. The number of hydrogen-bond acceptors (Lipinski definition) is 9. The number of phenols is 2. The van der Waals surface area contributed by atoms with Crippen LogP contribution >= 0.6 is 0 Å². The molecule has 2 aromatic rings. The molecule has 1 fully saturated rings. The molecule has 2 bridgehead atoms. The Morgan fingerprint density at radius 1 is 1.04 bits per heavy atom. The van der Waals surface area contributed by atoms with Gasteiger partial charge in [-0.25, -0.2) is 0 Å². The summed E-state index contributed by atoms with van der Waals surface area (Å²) in [6.07, 6.45) is -5.54. The van der Waals surface area contributed by atoms with Gasteiger partial charge in [0.15, 0.2) is 11.5 Å². The summed E-state index contributed by atoms with van der Waals surface area (Å²) in [7, 11) is 1.88. The van der Waals surface area contributed by atoms with Gasteiger partial charge in [-0.1, -0.05) is 6.07 Å². The molecule has 2 amide bonds. The van der Waals surface area contributed by atoms with Crippen molar-refractivity contribution in [2.24, 2.45) is 0 Å². The molecule has 15 heteroatoms. The molecular formula is C30H35AcF3N4O7. The second-order valence-electron chi connectivity index (χ2n) is 12.1. The van der Waals surface area contributed by atoms with E-state index in [0.717, 1.165) is 29.2 Å². The van der Waals surface area contributed by atoms with E-state index in [1.54, 1.807) is 12.2 Å². The van der Waals surface area contributed by atoms with Crippen LogP contribution in [0.3, 0.4) is 0 Å². The molecule has 6 rings (SSSR count). The SMILES string of the molecule is Cc1cc2c(c(O)c1C)[C@@H]1C3Cc4c(O)c(C)c5c(c4[C@H](CNC(=O)[C@H](C)NC(=O)C(F)(F)F)N3C(O)[C@H](C2)N1C)OCO5.[Ac]. The third-order valence-corrected chi connectivity index (χ3v) is 9.76. The Hall–Kier alpha value is -2.31. The van der Waals surface area contributed by atoms with Crippen LogP contribution in [0.4, 0.5) is 13.2 Å². The molecule has 4 heterocycles. The van der Waals surface area contributed by atoms with Crippen LogP contribution in [0.25, 0.3) is 0 Å². The normalized spacial score (nSPS) is 25.8. The third-order valence-electron chi connectivity index (χ3n) is 9.76. The zero-order valence-electron chi connectivity index (χ0n) is 25.5. The van der Waals surface area contributed by atoms with E-state index in [0.29, 0.717) is 34.6 Å². The molecule has 0 aromatic heterocycles. The van der Waals surface area contributed by atoms with Crippen molar-refractivity contribution in [1.29, 1.82) is 0 Å². The minimum Gasteiger partial charge on any atom is -0.507 e. The number of phenolic OH excluding ortho intramolecular Hbond substituents is 2. The molecule has 5 N–H and O–H groups in total. The van der Waals surface area contributed by atoms with Crippen LogP contribution in [0.5, 0.6) is 23.0 Å². The zero-order valence-corrected chi connectivity index (χ0v) is 30.2. The second kappa shape index (κ2) is 12.0. The van der Waals surface area contributed by atoms with Crippen LogP contribution < -0.4 is 20.1 Å². The van der Waals surface area contributed by atoms with Gasteiger partial charge in [0.25, 0.3) is 0 Å². The largest absolute Gasteiger partial charge is 0.507 e. The maximum atomic E-state index is 13.0. The predicted octanol–water partition coefficient (Wildman–Crippen LogP) is 2.13. The number of halogens is 3. The number of nitrogens with zero attached hydrogens (tertiary/aromatic N) is 2. The first-order valence-corrected chi connectivity index (χ1v) is 14.4. The zero-order chi connectivity index (χ0) is 32.0. The van der Waals surface area contributed by atoms with E-state index < -0.39 is 54.4 Å². The van der Waals surface area contributed by atoms with Crippen molar-refractivity contribution in [3.63, 3.8) is 0 Å². The number of alkyl halides is 3. The number of aliphatic hydroxyl groups is 1. The Kier molecular flexibility index (Phi) is 9.11. The number of likely N-dealkylation sites (N-methyl/N-ethyl adjacent to an activating group) is 1. The van der Waals surface area contributed by atoms with E-state index >= 15 is 0 Å². The number of carbonyl (C=O) groups is 2. The molecule has 1 saturated heterocycles. The van der Waals surface area contributed by atoms with Crippen molar-refractivity contribution in [3.8, 4) is 23.0 Å². The molecule has 0 spiro atoms. The quantitative estimate of drug-likeness (QED) is 0.313. The summed E-state index contributed by atoms with van der Waals surface area (Å²) in [5.41, 5.74) is 4.82. The van der Waals surface area contributed by atoms with Gasteiger partial charge >= 0.3 is 12.1 Å². The number of rotatable bonds is 4. The summed E-state index contributed by atoms with van der Waals surface area (Å²) in [5.74, 6) is -2.27. The van der Waals surface area contributed by atoms with Gasteiger partial charge in [0.05, 0.1) is 18.1 Å². The van der Waals surface area contributed by atoms with E-state index in [1.165, 1.54) is 0 Å². The Morgan fingerprint density at radius 2 is 1.71 bits per heavy atom. The molecule has 6 atom stereocenters. The van der Waals surface area contributed by atoms with Gasteiger partial charge in [0.2, 0.25) is 12.7 Å². The summed E-state index contributed by atoms with van der Waals surface area (Å²) in [6, 6.07) is -1.60. The number of fused-ring (bicyclic) bond motifs is 9. The molecular weight excluding hydrogens is 812 g/mol. The number of benzene rings is 2. The van der Waals surface area contributed by atoms with Gasteiger partial charge in [-0.2, -0.15) is 13.2 Å². The molecule has 2 unspecified atom stereocenters. The summed E-state index contributed by atoms with van der Waals surface area (Å²) in [5, 5.41) is 39.1. The Morgan fingerprint density at radius 3 is 2.38 bits per heavy atom. The minimum absolute atomic E-state index is 0. The predicted molar refractivity (Wildman–Crippen MR) is 149 cm³/mol. The van der Waals surface area contributed by atoms with Crippen molar-refractivity contribution in [2.75, 3.05) is 20.4 Å². The molecule has 4 aliphatic heterocycles. The second-order valence-corrected chi connectivity index (χ2v) is 12.1. The maximum Gasteiger partial charge on any atom is 0.471 e. The van der Waals surface area contributed by atoms with Gasteiger partial charge in [-0.15, -0.1) is 0 Å². The number of hydrogen-bond donors (Lipinski definition) is 5. The van der Waals surface area contributed by atoms with Gasteiger partial charge in [0, 0.05) is 78.9 Å². The molecule has 0 saturated carbocycles. The summed E-state index contributed by atoms with van der Waals surface area (Å²) in [4.78, 5) is 28.3. The van der Waals surface area contributed by atoms with Crippen LogP contribution in [0.2, 0.25) is 0 Å². The fourth-order valence-electron chi connectivity index (χ4n) is 7.41. The fraction of sp³-hybridized carbons (Fsp3) is 0.533. The van der Waals surface area contributed by atoms with Crippen LogP contribution in [0.15, 0.2) is 6.07 Å². The van der Waals surface area contributed by atoms with Gasteiger partial charge in [0.1, 0.15) is 23.8 Å². The van der Waals surface area contributed by atoms with Crippen LogP contribution in [-0.4, -0.2) is 87.8 Å². The van der Waals surface area contributed by atoms with Gasteiger partial charge in [-0.05, 0) is 64.3 Å². The number of piperazine rings is 1. The molecule has 1 radical (unpaired) electrons. The van der Waals surface area contributed by atoms with Crippen molar-refractivity contribution in [2.45, 2.75) is 83.1 Å². The first-order chi connectivity index (χ1) is 20.6. The average molecular weight is 848 g/mol. The van der Waals surface area contributed by atoms with E-state index in [1.807, 2.05) is 36.8 Å². The molecule has 4 aliphatic rings. The van der Waals surface area contributed by atoms with E-state index in [9.17, 15) is 38.1 Å². The number of aliphatic hydroxyl groups excluding tert-OH is 1. The van der Waals surface area contributed by atoms with E-state index in [-0.39, 0.29) is 75.3 Å². The van der Waals surface area contributed by atoms with Crippen molar-refractivity contribution >= 4 is 11.8 Å². The Labute approximate surface area is 293 Å². The third kappa shape index (κ3) is 5.36. The minimum atomic E-state index is -5.15. The first-order valence-electron chi connectivity index (χ1n) is 14.4. The average Bonchev–Trinajstić information content (AvgIpc) is 3.45. The Bertz CT molecular complexity index is 1570. The number of ether oxygens (including phenoxy) is 2. The number of nitrogens with one attached hydrogen (secondary N) is 2. The van der Waals surface area contributed by atoms with E-state index in [2.05, 4.69) is 5.32 Å². The number of aromatic hydroxyl groups is 2. The maximum absolute atomic E-state index is 13.0. The van der Waals surface area contributed by atoms with E-state index in [4.69, 9.17) is 9.47 Å². The first kappa shape index (κ1) is 34.0. The van der Waals surface area contributed by atoms with Crippen molar-refractivity contribution in [3.05, 3.63) is 45.0 Å². The van der Waals surface area contributed by atoms with Crippen LogP contribution in [0, 0.1) is 64.8 Å². The fourth-order valence-corrected chi connectivity index (χ4v) is 7.41. The standard InChI is InChI=1S/C30H35F3N4O7.Ac/c1-11-6-15-7-18-28(41)37-17(22(36(18)5)20(15)24(39)12(11)2)8-16-21(26-25(43-10-44-26)13(3)23(16)38)19(37)9-34-27(40)14(4)35-29(42)30(31,32)33;/h6,14,17-19,22,28,38-39,41H,7-10H2,1-5H3,(H,34,40)(H,35,42);/t14-,17?,18-,19-,22-,28?;/m0./s1. The molecule has 11 nitrogen and oxygen atoms in total. The summed E-state index contributed by atoms with van der Waals surface area (Å²) >= 11 is 0. The number of carbonyl (C=O) groups excluding carboxylic acids is 2. The van der Waals surface area contributed by atoms with Gasteiger partial charge in [-0.3, -0.25) is 19.4 Å².